The number of alkyl halides is 3. The van der Waals surface area contributed by atoms with Gasteiger partial charge in [0.15, 0.2) is 30.7 Å². The molecule has 4 heterocycles. The Kier molecular flexibility index (Phi) is 47.3. The monoisotopic (exact) mass is 1860 g/mol. The molecule has 36 heteroatoms. The van der Waals surface area contributed by atoms with Crippen LogP contribution in [0.4, 0.5) is 0 Å². The SMILES string of the molecule is CC(=O)OC1COC(C(=O)OCc2ccccc2)[C@@H](OCCCc2ccccc2)[C@H]1OCc1ccccc1.CC(=O)OC1COC(C(=O)OCc2ccccc2)[C@@H](OCCCc2ccccc2)[C@H]1OCc1ccccc1.CC(=O)OCC1C[C@@H](OCc2ccccc2)C(N=[N+]=[N-])C(O)O1.CC(=O)OCC1C[C@@H](OCc2ccccc2)C(N=[N+]=[N-])C(OC(=N)C(Cl)(Cl)Cl)O1.O.O. The average molecular weight is 1860 g/mol. The zero-order chi connectivity index (χ0) is 91.3. The molecular weight excluding hydrogens is 1750 g/mol. The quantitative estimate of drug-likeness (QED) is 0.00420. The number of carbonyl (C=O) groups excluding carboxylic acids is 6. The standard InChI is InChI=1S/2C31H34O7.C17H19Cl3N4O5.C15H19N3O5.2H2O/c2*1-23(32)38-27-22-36-30(31(33)37-21-26-16-9-4-10-17-26)29(28(27)35-20-25-14-7-3-8-15-25)34-19-11-18-24-12-5-2-6-13-24;1-10(25)26-9-12-7-13(27-8-11-5-3-2-4-6-11)14(23-24-22)15(28-12)29-16(21)17(18,19)20;1-10(19)21-9-12-7-13(14(17-18-16)15(20)23-12)22-8-11-5-3-2-4-6-11;;/h2*2-10,12-17,27-30H,11,18-22H2,1H3;2-6,12-15,21H,7-9H2,1H3;2-6,12-15,20H,7-9H2,1H3;2*1H2/t2*27?,28-,29-,30?;2*12?,13-,14?,15?;;/m0011../s1. The van der Waals surface area contributed by atoms with Crippen molar-refractivity contribution in [2.75, 3.05) is 39.6 Å². The zero-order valence-corrected chi connectivity index (χ0v) is 74.5. The summed E-state index contributed by atoms with van der Waals surface area (Å²) in [5, 5.41) is 25.0. The van der Waals surface area contributed by atoms with Crippen LogP contribution < -0.4 is 0 Å². The van der Waals surface area contributed by atoms with Gasteiger partial charge in [0.25, 0.3) is 3.79 Å². The first-order chi connectivity index (χ1) is 62.0. The Labute approximate surface area is 768 Å². The number of azide groups is 2. The maximum Gasteiger partial charge on any atom is 0.338 e. The van der Waals surface area contributed by atoms with Gasteiger partial charge < -0.3 is 96.6 Å². The fourth-order valence-corrected chi connectivity index (χ4v) is 13.9. The van der Waals surface area contributed by atoms with Crippen LogP contribution in [0.1, 0.15) is 97.9 Å². The van der Waals surface area contributed by atoms with Crippen molar-refractivity contribution in [3.8, 4) is 0 Å². The molecule has 8 aromatic carbocycles. The van der Waals surface area contributed by atoms with Gasteiger partial charge in [-0.25, -0.2) is 9.59 Å². The second kappa shape index (κ2) is 57.9. The molecule has 0 aliphatic carbocycles. The number of hydrogen-bond acceptors (Lipinski definition) is 27. The maximum atomic E-state index is 13.2. The number of aryl methyl sites for hydroxylation is 2. The lowest BCUT2D eigenvalue weighted by atomic mass is 9.98. The van der Waals surface area contributed by atoms with Crippen molar-refractivity contribution in [3.05, 3.63) is 308 Å². The minimum Gasteiger partial charge on any atom is -0.463 e. The smallest absolute Gasteiger partial charge is 0.338 e. The summed E-state index contributed by atoms with van der Waals surface area (Å²) in [5.74, 6) is -3.63. The Morgan fingerprint density at radius 3 is 1.03 bits per heavy atom. The van der Waals surface area contributed by atoms with Crippen molar-refractivity contribution >= 4 is 76.5 Å². The predicted octanol–water partition coefficient (Wildman–Crippen LogP) is 13.9. The Morgan fingerprint density at radius 2 is 0.708 bits per heavy atom. The fourth-order valence-electron chi connectivity index (χ4n) is 13.8. The summed E-state index contributed by atoms with van der Waals surface area (Å²) in [4.78, 5) is 77.7. The van der Waals surface area contributed by atoms with Gasteiger partial charge in [-0.1, -0.05) is 288 Å². The zero-order valence-electron chi connectivity index (χ0n) is 72.2. The van der Waals surface area contributed by atoms with Crippen LogP contribution in [0.5, 0.6) is 0 Å². The summed E-state index contributed by atoms with van der Waals surface area (Å²) < 4.78 is 94.9. The first-order valence-corrected chi connectivity index (χ1v) is 42.7. The summed E-state index contributed by atoms with van der Waals surface area (Å²) in [7, 11) is 0. The van der Waals surface area contributed by atoms with Gasteiger partial charge in [-0.15, -0.1) is 0 Å². The highest BCUT2D eigenvalue weighted by molar-refractivity contribution is 6.76. The van der Waals surface area contributed by atoms with E-state index >= 15 is 0 Å². The van der Waals surface area contributed by atoms with Crippen LogP contribution in [-0.2, 0) is 162 Å². The van der Waals surface area contributed by atoms with Crippen molar-refractivity contribution in [2.24, 2.45) is 10.2 Å². The third-order valence-electron chi connectivity index (χ3n) is 19.9. The van der Waals surface area contributed by atoms with Gasteiger partial charge in [0.05, 0.1) is 64.1 Å². The van der Waals surface area contributed by atoms with E-state index in [9.17, 15) is 33.9 Å². The van der Waals surface area contributed by atoms with Gasteiger partial charge in [0, 0.05) is 63.6 Å². The lowest BCUT2D eigenvalue weighted by Crippen LogP contribution is -2.59. The number of aliphatic hydroxyl groups excluding tert-OH is 1. The van der Waals surface area contributed by atoms with Gasteiger partial charge in [-0.2, -0.15) is 0 Å². The number of esters is 6. The van der Waals surface area contributed by atoms with Crippen LogP contribution in [0.25, 0.3) is 20.9 Å². The van der Waals surface area contributed by atoms with Crippen molar-refractivity contribution in [3.63, 3.8) is 0 Å². The largest absolute Gasteiger partial charge is 0.463 e. The molecule has 0 radical (unpaired) electrons. The van der Waals surface area contributed by atoms with Gasteiger partial charge in [-0.05, 0) is 81.3 Å². The predicted molar refractivity (Wildman–Crippen MR) is 476 cm³/mol. The molecule has 4 saturated heterocycles. The van der Waals surface area contributed by atoms with Crippen LogP contribution in [0, 0.1) is 5.41 Å². The number of nitrogens with zero attached hydrogens (tertiary/aromatic N) is 6. The van der Waals surface area contributed by atoms with E-state index in [-0.39, 0.29) is 76.8 Å². The summed E-state index contributed by atoms with van der Waals surface area (Å²) in [6.07, 6.45) is -7.82. The van der Waals surface area contributed by atoms with Crippen LogP contribution in [0.2, 0.25) is 0 Å². The third kappa shape index (κ3) is 37.5. The van der Waals surface area contributed by atoms with Gasteiger partial charge >= 0.3 is 35.8 Å². The first-order valence-electron chi connectivity index (χ1n) is 41.6. The van der Waals surface area contributed by atoms with Crippen LogP contribution >= 0.6 is 34.8 Å². The lowest BCUT2D eigenvalue weighted by molar-refractivity contribution is -0.236. The highest BCUT2D eigenvalue weighted by Gasteiger charge is 2.50. The molecule has 0 amide bonds. The second-order valence-electron chi connectivity index (χ2n) is 29.7. The molecule has 12 rings (SSSR count). The summed E-state index contributed by atoms with van der Waals surface area (Å²) in [6.45, 7) is 7.19. The lowest BCUT2D eigenvalue weighted by Gasteiger charge is -2.40. The molecular formula is C94H110Cl3N7O26. The number of carbonyl (C=O) groups is 6. The van der Waals surface area contributed by atoms with Gasteiger partial charge in [0.1, 0.15) is 62.9 Å². The van der Waals surface area contributed by atoms with Crippen molar-refractivity contribution < 1.29 is 125 Å². The molecule has 4 aliphatic rings. The molecule has 8 aromatic rings. The Bertz CT molecular complexity index is 4560. The summed E-state index contributed by atoms with van der Waals surface area (Å²) in [5.41, 5.74) is 25.5. The van der Waals surface area contributed by atoms with E-state index < -0.39 is 143 Å². The van der Waals surface area contributed by atoms with E-state index in [4.69, 9.17) is 132 Å². The molecule has 6 N–H and O–H groups in total. The number of halogens is 3. The molecule has 0 spiro atoms. The van der Waals surface area contributed by atoms with Crippen molar-refractivity contribution in [2.45, 2.75) is 208 Å². The number of hydrogen-bond donors (Lipinski definition) is 2. The Morgan fingerprint density at radius 1 is 0.400 bits per heavy atom. The summed E-state index contributed by atoms with van der Waals surface area (Å²) in [6, 6.07) is 75.5. The molecule has 4 aliphatic heterocycles. The molecule has 4 fully saturated rings. The minimum absolute atomic E-state index is 0. The highest BCUT2D eigenvalue weighted by Crippen LogP contribution is 2.35. The van der Waals surface area contributed by atoms with E-state index in [0.29, 0.717) is 26.2 Å². The third-order valence-corrected chi connectivity index (χ3v) is 20.4. The second-order valence-corrected chi connectivity index (χ2v) is 32.0. The van der Waals surface area contributed by atoms with E-state index in [2.05, 4.69) is 44.3 Å². The molecule has 698 valence electrons. The van der Waals surface area contributed by atoms with Crippen LogP contribution in [-0.4, -0.2) is 199 Å². The normalized spacial score (nSPS) is 22.5. The molecule has 0 bridgehead atoms. The van der Waals surface area contributed by atoms with Gasteiger partial charge in [0.2, 0.25) is 12.2 Å². The minimum atomic E-state index is -2.13. The number of ether oxygens (including phenoxy) is 17. The number of benzene rings is 8. The van der Waals surface area contributed by atoms with Gasteiger partial charge in [-0.3, -0.25) is 24.6 Å². The molecule has 0 aromatic heterocycles. The first kappa shape index (κ1) is 106. The van der Waals surface area contributed by atoms with E-state index in [1.165, 1.54) is 38.8 Å². The highest BCUT2D eigenvalue weighted by atomic mass is 35.6. The maximum absolute atomic E-state index is 13.2. The number of nitrogens with one attached hydrogen (secondary N) is 1. The van der Waals surface area contributed by atoms with E-state index in [0.717, 1.165) is 59.1 Å². The van der Waals surface area contributed by atoms with Crippen LogP contribution in [0.3, 0.4) is 0 Å². The number of rotatable bonds is 37. The Hall–Kier alpha value is -11.0. The fraction of sp³-hybridized carbons (Fsp3) is 0.415. The average Bonchev–Trinajstić information content (AvgIpc) is 0.803. The molecule has 16 atom stereocenters. The van der Waals surface area contributed by atoms with Crippen molar-refractivity contribution in [1.82, 2.24) is 0 Å². The molecule has 33 nitrogen and oxygen atoms in total. The van der Waals surface area contributed by atoms with E-state index in [1.807, 2.05) is 218 Å². The topological polar surface area (TPSA) is 464 Å². The van der Waals surface area contributed by atoms with E-state index in [1.54, 1.807) is 0 Å². The van der Waals surface area contributed by atoms with Crippen LogP contribution in [0.15, 0.2) is 253 Å². The Balaban J connectivity index is 0.000000240. The number of aliphatic hydroxyl groups is 1. The summed E-state index contributed by atoms with van der Waals surface area (Å²) >= 11 is 17.0. The molecule has 10 unspecified atom stereocenters. The molecule has 130 heavy (non-hydrogen) atoms. The molecule has 0 saturated carbocycles. The van der Waals surface area contributed by atoms with Crippen molar-refractivity contribution in [1.29, 1.82) is 5.41 Å².